The van der Waals surface area contributed by atoms with Gasteiger partial charge in [0, 0.05) is 11.1 Å². The zero-order valence-electron chi connectivity index (χ0n) is 9.17. The molecule has 0 saturated heterocycles. The predicted octanol–water partition coefficient (Wildman–Crippen LogP) is 3.07. The molecule has 3 rings (SSSR count). The van der Waals surface area contributed by atoms with E-state index in [0.717, 1.165) is 20.2 Å². The Morgan fingerprint density at radius 3 is 3.00 bits per heavy atom. The molecule has 0 atom stereocenters. The molecule has 18 heavy (non-hydrogen) atoms. The lowest BCUT2D eigenvalue weighted by Crippen LogP contribution is -2.01. The Balaban J connectivity index is 2.10. The van der Waals surface area contributed by atoms with Crippen molar-refractivity contribution >= 4 is 34.0 Å². The van der Waals surface area contributed by atoms with E-state index < -0.39 is 0 Å². The Kier molecular flexibility index (Phi) is 2.74. The van der Waals surface area contributed by atoms with E-state index in [0.29, 0.717) is 12.2 Å². The van der Waals surface area contributed by atoms with E-state index in [9.17, 15) is 0 Å². The molecule has 6 heteroatoms. The van der Waals surface area contributed by atoms with Crippen molar-refractivity contribution in [3.8, 4) is 6.07 Å². The molecule has 0 spiro atoms. The fourth-order valence-electron chi connectivity index (χ4n) is 1.79. The molecule has 0 unspecified atom stereocenters. The second-order valence-corrected chi connectivity index (χ2v) is 5.50. The lowest BCUT2D eigenvalue weighted by Gasteiger charge is -1.99. The van der Waals surface area contributed by atoms with Gasteiger partial charge in [-0.3, -0.25) is 0 Å². The van der Waals surface area contributed by atoms with Gasteiger partial charge in [-0.05, 0) is 24.3 Å². The van der Waals surface area contributed by atoms with Crippen LogP contribution in [0.15, 0.2) is 30.5 Å². The zero-order valence-corrected chi connectivity index (χ0v) is 10.7. The van der Waals surface area contributed by atoms with E-state index in [1.807, 2.05) is 18.2 Å². The second kappa shape index (κ2) is 4.41. The molecule has 0 amide bonds. The summed E-state index contributed by atoms with van der Waals surface area (Å²) in [5.41, 5.74) is 1.12. The topological polar surface area (TPSA) is 54.5 Å². The summed E-state index contributed by atoms with van der Waals surface area (Å²) < 4.78 is 2.48. The number of rotatable bonds is 2. The first-order valence-corrected chi connectivity index (χ1v) is 6.43. The van der Waals surface area contributed by atoms with Crippen LogP contribution in [-0.2, 0) is 6.54 Å². The van der Waals surface area contributed by atoms with Gasteiger partial charge in [0.2, 0.25) is 0 Å². The van der Waals surface area contributed by atoms with Gasteiger partial charge in [-0.2, -0.15) is 10.4 Å². The van der Waals surface area contributed by atoms with Crippen LogP contribution in [0.5, 0.6) is 0 Å². The molecule has 88 valence electrons. The van der Waals surface area contributed by atoms with Crippen LogP contribution in [0.2, 0.25) is 4.34 Å². The van der Waals surface area contributed by atoms with Gasteiger partial charge in [-0.1, -0.05) is 11.6 Å². The average molecular weight is 275 g/mol. The van der Waals surface area contributed by atoms with Gasteiger partial charge in [0.25, 0.3) is 0 Å². The number of hydrogen-bond donors (Lipinski definition) is 0. The summed E-state index contributed by atoms with van der Waals surface area (Å²) >= 11 is 7.40. The maximum Gasteiger partial charge on any atom is 0.172 e. The number of nitriles is 1. The Bertz CT molecular complexity index is 753. The number of pyridine rings is 1. The first-order chi connectivity index (χ1) is 8.78. The Hall–Kier alpha value is -1.90. The van der Waals surface area contributed by atoms with E-state index in [4.69, 9.17) is 16.9 Å². The standard InChI is InChI=1S/C12H7ClN4S/c13-11-4-3-8(18-11)7-17-12-9(2-1-5-15-12)10(6-14)16-17/h1-5H,7H2. The van der Waals surface area contributed by atoms with Crippen LogP contribution in [0.3, 0.4) is 0 Å². The quantitative estimate of drug-likeness (QED) is 0.722. The minimum Gasteiger partial charge on any atom is -0.241 e. The second-order valence-electron chi connectivity index (χ2n) is 3.70. The van der Waals surface area contributed by atoms with Crippen LogP contribution in [-0.4, -0.2) is 14.8 Å². The smallest absolute Gasteiger partial charge is 0.172 e. The summed E-state index contributed by atoms with van der Waals surface area (Å²) in [6.07, 6.45) is 1.70. The van der Waals surface area contributed by atoms with Crippen LogP contribution < -0.4 is 0 Å². The highest BCUT2D eigenvalue weighted by Crippen LogP contribution is 2.23. The van der Waals surface area contributed by atoms with Gasteiger partial charge in [0.15, 0.2) is 11.3 Å². The van der Waals surface area contributed by atoms with Gasteiger partial charge < -0.3 is 0 Å². The molecule has 3 aromatic rings. The lowest BCUT2D eigenvalue weighted by atomic mass is 10.3. The molecule has 0 radical (unpaired) electrons. The highest BCUT2D eigenvalue weighted by Gasteiger charge is 2.11. The van der Waals surface area contributed by atoms with E-state index in [2.05, 4.69) is 16.2 Å². The van der Waals surface area contributed by atoms with Crippen molar-refractivity contribution in [1.82, 2.24) is 14.8 Å². The molecule has 0 aromatic carbocycles. The van der Waals surface area contributed by atoms with Crippen molar-refractivity contribution in [2.45, 2.75) is 6.54 Å². The van der Waals surface area contributed by atoms with Crippen LogP contribution in [0, 0.1) is 11.3 Å². The summed E-state index contributed by atoms with van der Waals surface area (Å²) in [5, 5.41) is 14.1. The first-order valence-electron chi connectivity index (χ1n) is 5.24. The highest BCUT2D eigenvalue weighted by atomic mass is 35.5. The van der Waals surface area contributed by atoms with Gasteiger partial charge in [0.1, 0.15) is 6.07 Å². The molecule has 0 N–H and O–H groups in total. The van der Waals surface area contributed by atoms with Gasteiger partial charge >= 0.3 is 0 Å². The molecular formula is C12H7ClN4S. The number of hydrogen-bond acceptors (Lipinski definition) is 4. The first kappa shape index (κ1) is 11.2. The summed E-state index contributed by atoms with van der Waals surface area (Å²) in [7, 11) is 0. The summed E-state index contributed by atoms with van der Waals surface area (Å²) in [4.78, 5) is 5.36. The Labute approximate surface area is 112 Å². The normalized spacial score (nSPS) is 10.7. The number of thiophene rings is 1. The van der Waals surface area contributed by atoms with Gasteiger partial charge in [-0.25, -0.2) is 9.67 Å². The van der Waals surface area contributed by atoms with Gasteiger partial charge in [0.05, 0.1) is 16.3 Å². The fraction of sp³-hybridized carbons (Fsp3) is 0.0833. The van der Waals surface area contributed by atoms with Crippen molar-refractivity contribution in [1.29, 1.82) is 5.26 Å². The molecule has 0 aliphatic carbocycles. The van der Waals surface area contributed by atoms with E-state index in [-0.39, 0.29) is 0 Å². The molecular weight excluding hydrogens is 268 g/mol. The third-order valence-corrected chi connectivity index (χ3v) is 3.76. The molecule has 0 aliphatic heterocycles. The molecule has 3 heterocycles. The van der Waals surface area contributed by atoms with Crippen molar-refractivity contribution in [2.75, 3.05) is 0 Å². The molecule has 0 fully saturated rings. The number of nitrogens with zero attached hydrogens (tertiary/aromatic N) is 4. The van der Waals surface area contributed by atoms with E-state index in [1.165, 1.54) is 11.3 Å². The largest absolute Gasteiger partial charge is 0.241 e. The van der Waals surface area contributed by atoms with Crippen LogP contribution in [0.4, 0.5) is 0 Å². The minimum atomic E-state index is 0.403. The fourth-order valence-corrected chi connectivity index (χ4v) is 2.86. The molecule has 3 aromatic heterocycles. The van der Waals surface area contributed by atoms with Crippen LogP contribution in [0.25, 0.3) is 11.0 Å². The zero-order chi connectivity index (χ0) is 12.5. The van der Waals surface area contributed by atoms with Crippen molar-refractivity contribution in [3.63, 3.8) is 0 Å². The highest BCUT2D eigenvalue weighted by molar-refractivity contribution is 7.16. The Morgan fingerprint density at radius 1 is 1.39 bits per heavy atom. The van der Waals surface area contributed by atoms with E-state index >= 15 is 0 Å². The van der Waals surface area contributed by atoms with Crippen LogP contribution >= 0.6 is 22.9 Å². The SMILES string of the molecule is N#Cc1nn(Cc2ccc(Cl)s2)c2ncccc12. The molecule has 0 bridgehead atoms. The minimum absolute atomic E-state index is 0.403. The monoisotopic (exact) mass is 274 g/mol. The van der Waals surface area contributed by atoms with Crippen molar-refractivity contribution < 1.29 is 0 Å². The molecule has 0 aliphatic rings. The number of halogens is 1. The van der Waals surface area contributed by atoms with Gasteiger partial charge in [-0.15, -0.1) is 11.3 Å². The average Bonchev–Trinajstić information content (AvgIpc) is 2.95. The molecule has 0 saturated carbocycles. The van der Waals surface area contributed by atoms with Crippen molar-refractivity contribution in [3.05, 3.63) is 45.4 Å². The maximum atomic E-state index is 9.05. The van der Waals surface area contributed by atoms with E-state index in [1.54, 1.807) is 16.9 Å². The third-order valence-electron chi connectivity index (χ3n) is 2.55. The Morgan fingerprint density at radius 2 is 2.28 bits per heavy atom. The summed E-state index contributed by atoms with van der Waals surface area (Å²) in [6, 6.07) is 9.55. The van der Waals surface area contributed by atoms with Crippen molar-refractivity contribution in [2.24, 2.45) is 0 Å². The number of fused-ring (bicyclic) bond motifs is 1. The number of aromatic nitrogens is 3. The van der Waals surface area contributed by atoms with Crippen LogP contribution in [0.1, 0.15) is 10.6 Å². The summed E-state index contributed by atoms with van der Waals surface area (Å²) in [5.74, 6) is 0. The summed E-state index contributed by atoms with van der Waals surface area (Å²) in [6.45, 7) is 0.576. The predicted molar refractivity (Wildman–Crippen MR) is 70.7 cm³/mol. The maximum absolute atomic E-state index is 9.05. The third kappa shape index (κ3) is 1.86. The molecule has 4 nitrogen and oxygen atoms in total. The lowest BCUT2D eigenvalue weighted by molar-refractivity contribution is 0.709.